The van der Waals surface area contributed by atoms with Gasteiger partial charge in [0.25, 0.3) is 5.91 Å². The van der Waals surface area contributed by atoms with Crippen molar-refractivity contribution in [3.8, 4) is 0 Å². The molecule has 1 aromatic rings. The van der Waals surface area contributed by atoms with Crippen molar-refractivity contribution in [2.24, 2.45) is 5.92 Å². The average molecular weight is 371 g/mol. The average Bonchev–Trinajstić information content (AvgIpc) is 2.46. The van der Waals surface area contributed by atoms with E-state index in [2.05, 4.69) is 34.8 Å². The van der Waals surface area contributed by atoms with Crippen LogP contribution in [0.25, 0.3) is 0 Å². The number of carbonyl (C=O) groups is 1. The van der Waals surface area contributed by atoms with E-state index in [4.69, 9.17) is 0 Å². The maximum atomic E-state index is 12.3. The van der Waals surface area contributed by atoms with Crippen molar-refractivity contribution < 1.29 is 4.79 Å². The SMILES string of the molecule is CCC(NC(=O)c1ccc(I)cc1)C1CCCCC1. The Morgan fingerprint density at radius 1 is 1.26 bits per heavy atom. The van der Waals surface area contributed by atoms with Gasteiger partial charge in [0.05, 0.1) is 0 Å². The molecule has 0 bridgehead atoms. The summed E-state index contributed by atoms with van der Waals surface area (Å²) in [7, 11) is 0. The molecule has 0 aromatic heterocycles. The number of hydrogen-bond donors (Lipinski definition) is 1. The number of benzene rings is 1. The Morgan fingerprint density at radius 3 is 2.47 bits per heavy atom. The summed E-state index contributed by atoms with van der Waals surface area (Å²) in [5.74, 6) is 0.750. The molecule has 1 N–H and O–H groups in total. The number of hydrogen-bond acceptors (Lipinski definition) is 1. The van der Waals surface area contributed by atoms with Gasteiger partial charge in [0, 0.05) is 15.2 Å². The van der Waals surface area contributed by atoms with E-state index in [0.29, 0.717) is 12.0 Å². The molecule has 1 unspecified atom stereocenters. The zero-order valence-corrected chi connectivity index (χ0v) is 13.7. The molecule has 1 atom stereocenters. The first-order valence-corrected chi connectivity index (χ1v) is 8.35. The Hall–Kier alpha value is -0.580. The molecule has 2 rings (SSSR count). The normalized spacial score (nSPS) is 18.0. The Bertz CT molecular complexity index is 409. The lowest BCUT2D eigenvalue weighted by Gasteiger charge is -2.30. The number of carbonyl (C=O) groups excluding carboxylic acids is 1. The molecular formula is C16H22INO. The van der Waals surface area contributed by atoms with Crippen LogP contribution in [-0.4, -0.2) is 11.9 Å². The molecule has 0 radical (unpaired) electrons. The number of rotatable bonds is 4. The third kappa shape index (κ3) is 4.20. The van der Waals surface area contributed by atoms with Crippen LogP contribution < -0.4 is 5.32 Å². The summed E-state index contributed by atoms with van der Waals surface area (Å²) in [5, 5.41) is 3.23. The lowest BCUT2D eigenvalue weighted by molar-refractivity contribution is 0.0911. The topological polar surface area (TPSA) is 29.1 Å². The molecule has 0 heterocycles. The molecule has 104 valence electrons. The summed E-state index contributed by atoms with van der Waals surface area (Å²) in [6, 6.07) is 8.12. The molecule has 1 fully saturated rings. The highest BCUT2D eigenvalue weighted by atomic mass is 127. The van der Waals surface area contributed by atoms with Crippen LogP contribution in [0.2, 0.25) is 0 Å². The smallest absolute Gasteiger partial charge is 0.251 e. The maximum absolute atomic E-state index is 12.3. The molecule has 0 spiro atoms. The highest BCUT2D eigenvalue weighted by Crippen LogP contribution is 2.27. The maximum Gasteiger partial charge on any atom is 0.251 e. The molecule has 0 aliphatic heterocycles. The zero-order valence-electron chi connectivity index (χ0n) is 11.5. The van der Waals surface area contributed by atoms with Gasteiger partial charge >= 0.3 is 0 Å². The lowest BCUT2D eigenvalue weighted by Crippen LogP contribution is -2.40. The zero-order chi connectivity index (χ0) is 13.7. The summed E-state index contributed by atoms with van der Waals surface area (Å²) >= 11 is 2.26. The van der Waals surface area contributed by atoms with Crippen LogP contribution in [0.4, 0.5) is 0 Å². The summed E-state index contributed by atoms with van der Waals surface area (Å²) in [5.41, 5.74) is 0.773. The van der Waals surface area contributed by atoms with Gasteiger partial charge in [0.1, 0.15) is 0 Å². The van der Waals surface area contributed by atoms with Crippen molar-refractivity contribution in [2.45, 2.75) is 51.5 Å². The van der Waals surface area contributed by atoms with Crippen LogP contribution in [0, 0.1) is 9.49 Å². The fourth-order valence-electron chi connectivity index (χ4n) is 2.94. The van der Waals surface area contributed by atoms with Crippen LogP contribution in [0.15, 0.2) is 24.3 Å². The largest absolute Gasteiger partial charge is 0.349 e. The number of amides is 1. The van der Waals surface area contributed by atoms with E-state index < -0.39 is 0 Å². The van der Waals surface area contributed by atoms with E-state index in [1.54, 1.807) is 0 Å². The Kier molecular flexibility index (Phi) is 5.67. The molecule has 3 heteroatoms. The molecule has 1 aromatic carbocycles. The van der Waals surface area contributed by atoms with Gasteiger partial charge < -0.3 is 5.32 Å². The van der Waals surface area contributed by atoms with Crippen LogP contribution in [0.5, 0.6) is 0 Å². The second kappa shape index (κ2) is 7.27. The van der Waals surface area contributed by atoms with Crippen molar-refractivity contribution in [1.82, 2.24) is 5.32 Å². The number of nitrogens with one attached hydrogen (secondary N) is 1. The van der Waals surface area contributed by atoms with Gasteiger partial charge in [-0.05, 0) is 72.0 Å². The van der Waals surface area contributed by atoms with Crippen molar-refractivity contribution in [3.05, 3.63) is 33.4 Å². The van der Waals surface area contributed by atoms with Gasteiger partial charge in [-0.1, -0.05) is 26.2 Å². The fraction of sp³-hybridized carbons (Fsp3) is 0.562. The summed E-state index contributed by atoms with van der Waals surface area (Å²) < 4.78 is 1.16. The first-order chi connectivity index (χ1) is 9.20. The standard InChI is InChI=1S/C16H22INO/c1-2-15(12-6-4-3-5-7-12)18-16(19)13-8-10-14(17)11-9-13/h8-12,15H,2-7H2,1H3,(H,18,19). The van der Waals surface area contributed by atoms with E-state index in [1.165, 1.54) is 32.1 Å². The van der Waals surface area contributed by atoms with Crippen LogP contribution in [0.1, 0.15) is 55.8 Å². The van der Waals surface area contributed by atoms with Gasteiger partial charge in [-0.2, -0.15) is 0 Å². The molecule has 1 amide bonds. The number of halogens is 1. The van der Waals surface area contributed by atoms with Gasteiger partial charge in [0.15, 0.2) is 0 Å². The van der Waals surface area contributed by atoms with Gasteiger partial charge in [0.2, 0.25) is 0 Å². The van der Waals surface area contributed by atoms with Gasteiger partial charge in [-0.25, -0.2) is 0 Å². The van der Waals surface area contributed by atoms with E-state index >= 15 is 0 Å². The van der Waals surface area contributed by atoms with Crippen LogP contribution in [-0.2, 0) is 0 Å². The fourth-order valence-corrected chi connectivity index (χ4v) is 3.30. The summed E-state index contributed by atoms with van der Waals surface area (Å²) in [6.45, 7) is 2.17. The Morgan fingerprint density at radius 2 is 1.89 bits per heavy atom. The van der Waals surface area contributed by atoms with E-state index in [1.807, 2.05) is 24.3 Å². The van der Waals surface area contributed by atoms with Crippen molar-refractivity contribution in [3.63, 3.8) is 0 Å². The van der Waals surface area contributed by atoms with E-state index in [-0.39, 0.29) is 5.91 Å². The highest BCUT2D eigenvalue weighted by Gasteiger charge is 2.23. The van der Waals surface area contributed by atoms with Crippen molar-refractivity contribution in [2.75, 3.05) is 0 Å². The van der Waals surface area contributed by atoms with Crippen molar-refractivity contribution in [1.29, 1.82) is 0 Å². The second-order valence-electron chi connectivity index (χ2n) is 5.39. The highest BCUT2D eigenvalue weighted by molar-refractivity contribution is 14.1. The minimum atomic E-state index is 0.0776. The molecule has 19 heavy (non-hydrogen) atoms. The monoisotopic (exact) mass is 371 g/mol. The van der Waals surface area contributed by atoms with Gasteiger partial charge in [-0.3, -0.25) is 4.79 Å². The van der Waals surface area contributed by atoms with Crippen LogP contribution >= 0.6 is 22.6 Å². The summed E-state index contributed by atoms with van der Waals surface area (Å²) in [4.78, 5) is 12.3. The predicted octanol–water partition coefficient (Wildman–Crippen LogP) is 4.38. The lowest BCUT2D eigenvalue weighted by atomic mass is 9.83. The van der Waals surface area contributed by atoms with Crippen LogP contribution in [0.3, 0.4) is 0 Å². The Labute approximate surface area is 129 Å². The predicted molar refractivity (Wildman–Crippen MR) is 87.3 cm³/mol. The first-order valence-electron chi connectivity index (χ1n) is 7.27. The molecule has 1 aliphatic rings. The molecule has 1 saturated carbocycles. The van der Waals surface area contributed by atoms with Gasteiger partial charge in [-0.15, -0.1) is 0 Å². The third-order valence-electron chi connectivity index (χ3n) is 4.08. The summed E-state index contributed by atoms with van der Waals surface area (Å²) in [6.07, 6.45) is 7.57. The second-order valence-corrected chi connectivity index (χ2v) is 6.64. The quantitative estimate of drug-likeness (QED) is 0.782. The van der Waals surface area contributed by atoms with Crippen molar-refractivity contribution >= 4 is 28.5 Å². The first kappa shape index (κ1) is 14.8. The molecule has 0 saturated heterocycles. The minimum Gasteiger partial charge on any atom is -0.349 e. The minimum absolute atomic E-state index is 0.0776. The third-order valence-corrected chi connectivity index (χ3v) is 4.80. The van der Waals surface area contributed by atoms with E-state index in [9.17, 15) is 4.79 Å². The molecule has 2 nitrogen and oxygen atoms in total. The Balaban J connectivity index is 1.97. The molecule has 1 aliphatic carbocycles. The van der Waals surface area contributed by atoms with E-state index in [0.717, 1.165) is 15.6 Å². The molecular weight excluding hydrogens is 349 g/mol.